The summed E-state index contributed by atoms with van der Waals surface area (Å²) in [6.07, 6.45) is 7.10. The fourth-order valence-corrected chi connectivity index (χ4v) is 5.48. The van der Waals surface area contributed by atoms with Crippen LogP contribution in [0.25, 0.3) is 11.0 Å². The summed E-state index contributed by atoms with van der Waals surface area (Å²) in [6, 6.07) is 4.66. The van der Waals surface area contributed by atoms with E-state index in [0.717, 1.165) is 87.0 Å². The summed E-state index contributed by atoms with van der Waals surface area (Å²) in [4.78, 5) is 17.6. The van der Waals surface area contributed by atoms with Gasteiger partial charge in [0.25, 0.3) is 5.91 Å². The standard InChI is InChI=1S/C25H31FN4O2/c1-17-16-28(2)21-5-3-11-30(25(31)23(17)21)12-4-10-29-13-8-18(9-14-29)24-20-7-6-19(26)15-22(20)32-27-24/h6-7,15-16,18H,3-5,8-14H2,1-2H3. The van der Waals surface area contributed by atoms with Gasteiger partial charge in [-0.1, -0.05) is 5.16 Å². The van der Waals surface area contributed by atoms with E-state index in [1.807, 2.05) is 18.9 Å². The van der Waals surface area contributed by atoms with Crippen LogP contribution in [0.3, 0.4) is 0 Å². The minimum atomic E-state index is -0.295. The maximum atomic E-state index is 13.4. The maximum absolute atomic E-state index is 13.4. The van der Waals surface area contributed by atoms with E-state index in [1.165, 1.54) is 17.8 Å². The van der Waals surface area contributed by atoms with E-state index in [2.05, 4.69) is 20.8 Å². The number of piperidine rings is 1. The Kier molecular flexibility index (Phi) is 5.76. The highest BCUT2D eigenvalue weighted by Crippen LogP contribution is 2.33. The molecule has 1 amide bonds. The number of carbonyl (C=O) groups is 1. The molecule has 2 aromatic heterocycles. The van der Waals surface area contributed by atoms with Gasteiger partial charge in [-0.25, -0.2) is 4.39 Å². The lowest BCUT2D eigenvalue weighted by Gasteiger charge is -2.31. The van der Waals surface area contributed by atoms with Crippen LogP contribution < -0.4 is 0 Å². The number of amides is 1. The smallest absolute Gasteiger partial charge is 0.255 e. The molecule has 0 saturated carbocycles. The molecular weight excluding hydrogens is 407 g/mol. The van der Waals surface area contributed by atoms with Crippen molar-refractivity contribution in [2.75, 3.05) is 32.7 Å². The third-order valence-electron chi connectivity index (χ3n) is 7.18. The second kappa shape index (κ2) is 8.70. The highest BCUT2D eigenvalue weighted by Gasteiger charge is 2.28. The molecule has 0 aliphatic carbocycles. The predicted octanol–water partition coefficient (Wildman–Crippen LogP) is 4.27. The summed E-state index contributed by atoms with van der Waals surface area (Å²) < 4.78 is 20.9. The molecule has 32 heavy (non-hydrogen) atoms. The van der Waals surface area contributed by atoms with Crippen LogP contribution in [-0.2, 0) is 13.5 Å². The number of aromatic nitrogens is 2. The highest BCUT2D eigenvalue weighted by molar-refractivity contribution is 5.97. The topological polar surface area (TPSA) is 54.5 Å². The average Bonchev–Trinajstić information content (AvgIpc) is 3.26. The van der Waals surface area contributed by atoms with E-state index < -0.39 is 0 Å². The summed E-state index contributed by atoms with van der Waals surface area (Å²) >= 11 is 0. The Hall–Kier alpha value is -2.67. The highest BCUT2D eigenvalue weighted by atomic mass is 19.1. The van der Waals surface area contributed by atoms with Crippen LogP contribution in [-0.4, -0.2) is 58.2 Å². The Bertz CT molecular complexity index is 1130. The fourth-order valence-electron chi connectivity index (χ4n) is 5.48. The molecule has 0 bridgehead atoms. The zero-order valence-electron chi connectivity index (χ0n) is 18.9. The molecule has 7 heteroatoms. The van der Waals surface area contributed by atoms with Crippen molar-refractivity contribution in [1.82, 2.24) is 19.5 Å². The van der Waals surface area contributed by atoms with Gasteiger partial charge in [-0.2, -0.15) is 0 Å². The van der Waals surface area contributed by atoms with Crippen LogP contribution in [0.5, 0.6) is 0 Å². The molecule has 0 N–H and O–H groups in total. The van der Waals surface area contributed by atoms with Gasteiger partial charge in [0.05, 0.1) is 11.3 Å². The molecule has 1 saturated heterocycles. The van der Waals surface area contributed by atoms with E-state index >= 15 is 0 Å². The Balaban J connectivity index is 1.14. The van der Waals surface area contributed by atoms with Gasteiger partial charge in [-0.3, -0.25) is 4.79 Å². The zero-order valence-corrected chi connectivity index (χ0v) is 18.9. The Labute approximate surface area is 187 Å². The molecule has 1 fully saturated rings. The number of benzene rings is 1. The van der Waals surface area contributed by atoms with Gasteiger partial charge in [0.1, 0.15) is 5.82 Å². The van der Waals surface area contributed by atoms with Gasteiger partial charge in [0.2, 0.25) is 0 Å². The normalized spacial score (nSPS) is 18.3. The van der Waals surface area contributed by atoms with Gasteiger partial charge in [-0.05, 0) is 76.4 Å². The minimum Gasteiger partial charge on any atom is -0.356 e. The van der Waals surface area contributed by atoms with Gasteiger partial charge >= 0.3 is 0 Å². The molecule has 170 valence electrons. The molecule has 2 aliphatic heterocycles. The van der Waals surface area contributed by atoms with E-state index in [1.54, 1.807) is 6.07 Å². The van der Waals surface area contributed by atoms with E-state index in [-0.39, 0.29) is 11.7 Å². The first-order chi connectivity index (χ1) is 15.5. The molecule has 3 aromatic rings. The summed E-state index contributed by atoms with van der Waals surface area (Å²) in [5, 5.41) is 5.18. The Morgan fingerprint density at radius 2 is 2.00 bits per heavy atom. The predicted molar refractivity (Wildman–Crippen MR) is 121 cm³/mol. The molecule has 4 heterocycles. The second-order valence-electron chi connectivity index (χ2n) is 9.32. The minimum absolute atomic E-state index is 0.198. The average molecular weight is 439 g/mol. The monoisotopic (exact) mass is 438 g/mol. The number of carbonyl (C=O) groups excluding carboxylic acids is 1. The summed E-state index contributed by atoms with van der Waals surface area (Å²) in [5.74, 6) is 0.254. The zero-order chi connectivity index (χ0) is 22.2. The number of hydrogen-bond donors (Lipinski definition) is 0. The van der Waals surface area contributed by atoms with Crippen molar-refractivity contribution >= 4 is 16.9 Å². The molecule has 0 unspecified atom stereocenters. The van der Waals surface area contributed by atoms with Gasteiger partial charge in [-0.15, -0.1) is 0 Å². The summed E-state index contributed by atoms with van der Waals surface area (Å²) in [7, 11) is 2.04. The van der Waals surface area contributed by atoms with Crippen molar-refractivity contribution in [1.29, 1.82) is 0 Å². The Morgan fingerprint density at radius 1 is 1.19 bits per heavy atom. The third kappa shape index (κ3) is 3.94. The number of halogens is 1. The number of likely N-dealkylation sites (tertiary alicyclic amines) is 1. The number of aryl methyl sites for hydroxylation is 2. The molecule has 0 spiro atoms. The van der Waals surface area contributed by atoms with Gasteiger partial charge in [0, 0.05) is 49.4 Å². The first-order valence-corrected chi connectivity index (χ1v) is 11.7. The second-order valence-corrected chi connectivity index (χ2v) is 9.32. The third-order valence-corrected chi connectivity index (χ3v) is 7.18. The van der Waals surface area contributed by atoms with Crippen molar-refractivity contribution in [3.63, 3.8) is 0 Å². The fraction of sp³-hybridized carbons (Fsp3) is 0.520. The lowest BCUT2D eigenvalue weighted by Crippen LogP contribution is -2.37. The first-order valence-electron chi connectivity index (χ1n) is 11.7. The first kappa shape index (κ1) is 21.2. The lowest BCUT2D eigenvalue weighted by atomic mass is 9.91. The largest absolute Gasteiger partial charge is 0.356 e. The van der Waals surface area contributed by atoms with Crippen LogP contribution in [0.2, 0.25) is 0 Å². The number of hydrogen-bond acceptors (Lipinski definition) is 4. The van der Waals surface area contributed by atoms with Crippen molar-refractivity contribution in [3.8, 4) is 0 Å². The number of nitrogens with zero attached hydrogens (tertiary/aromatic N) is 4. The van der Waals surface area contributed by atoms with Gasteiger partial charge < -0.3 is 18.9 Å². The van der Waals surface area contributed by atoms with Crippen molar-refractivity contribution in [3.05, 3.63) is 52.7 Å². The van der Waals surface area contributed by atoms with Crippen LogP contribution in [0.15, 0.2) is 28.9 Å². The molecule has 1 aromatic carbocycles. The summed E-state index contributed by atoms with van der Waals surface area (Å²) in [6.45, 7) is 6.72. The van der Waals surface area contributed by atoms with Crippen LogP contribution in [0.4, 0.5) is 4.39 Å². The molecule has 0 atom stereocenters. The van der Waals surface area contributed by atoms with E-state index in [9.17, 15) is 9.18 Å². The van der Waals surface area contributed by atoms with Crippen LogP contribution >= 0.6 is 0 Å². The van der Waals surface area contributed by atoms with E-state index in [0.29, 0.717) is 11.5 Å². The van der Waals surface area contributed by atoms with Gasteiger partial charge in [0.15, 0.2) is 5.58 Å². The molecule has 6 nitrogen and oxygen atoms in total. The quantitative estimate of drug-likeness (QED) is 0.597. The number of fused-ring (bicyclic) bond motifs is 2. The molecule has 0 radical (unpaired) electrons. The molecule has 5 rings (SSSR count). The Morgan fingerprint density at radius 3 is 2.81 bits per heavy atom. The lowest BCUT2D eigenvalue weighted by molar-refractivity contribution is 0.0750. The number of rotatable bonds is 5. The van der Waals surface area contributed by atoms with Crippen LogP contribution in [0.1, 0.15) is 58.9 Å². The SMILES string of the molecule is Cc1cn(C)c2c1C(=O)N(CCCN1CCC(c3noc4cc(F)ccc34)CC1)CCC2. The molecule has 2 aliphatic rings. The molecular formula is C25H31FN4O2. The van der Waals surface area contributed by atoms with E-state index in [4.69, 9.17) is 4.52 Å². The van der Waals surface area contributed by atoms with Crippen molar-refractivity contribution in [2.24, 2.45) is 7.05 Å². The van der Waals surface area contributed by atoms with Crippen molar-refractivity contribution < 1.29 is 13.7 Å². The van der Waals surface area contributed by atoms with Crippen molar-refractivity contribution in [2.45, 2.75) is 44.9 Å². The summed E-state index contributed by atoms with van der Waals surface area (Å²) in [5.41, 5.74) is 4.68. The van der Waals surface area contributed by atoms with Crippen LogP contribution in [0, 0.1) is 12.7 Å². The maximum Gasteiger partial charge on any atom is 0.255 e.